The van der Waals surface area contributed by atoms with Crippen LogP contribution in [0.3, 0.4) is 0 Å². The van der Waals surface area contributed by atoms with Gasteiger partial charge in [0.1, 0.15) is 11.6 Å². The van der Waals surface area contributed by atoms with Gasteiger partial charge in [0.05, 0.1) is 10.6 Å². The van der Waals surface area contributed by atoms with Gasteiger partial charge in [-0.15, -0.1) is 0 Å². The fourth-order valence-electron chi connectivity index (χ4n) is 1.87. The third kappa shape index (κ3) is 6.45. The second kappa shape index (κ2) is 8.72. The van der Waals surface area contributed by atoms with Crippen molar-refractivity contribution >= 4 is 29.3 Å². The topological polar surface area (TPSA) is 77.5 Å². The highest BCUT2D eigenvalue weighted by Crippen LogP contribution is 2.31. The summed E-state index contributed by atoms with van der Waals surface area (Å²) in [5.41, 5.74) is -0.906. The molecular formula is C17H14ClF3N2O4. The number of hydrogen-bond donors (Lipinski definition) is 1. The molecule has 10 heteroatoms. The quantitative estimate of drug-likeness (QED) is 0.745. The van der Waals surface area contributed by atoms with E-state index < -0.39 is 36.3 Å². The van der Waals surface area contributed by atoms with Gasteiger partial charge in [0.15, 0.2) is 12.7 Å². The molecule has 1 heterocycles. The summed E-state index contributed by atoms with van der Waals surface area (Å²) in [6.45, 7) is 0.672. The summed E-state index contributed by atoms with van der Waals surface area (Å²) >= 11 is 5.68. The van der Waals surface area contributed by atoms with Crippen LogP contribution in [0.2, 0.25) is 5.02 Å². The molecule has 27 heavy (non-hydrogen) atoms. The Morgan fingerprint density at radius 3 is 2.63 bits per heavy atom. The Morgan fingerprint density at radius 2 is 2.00 bits per heavy atom. The van der Waals surface area contributed by atoms with Gasteiger partial charge in [0, 0.05) is 6.20 Å². The number of carbonyl (C=O) groups excluding carboxylic acids is 2. The van der Waals surface area contributed by atoms with Crippen LogP contribution in [0, 0.1) is 0 Å². The van der Waals surface area contributed by atoms with Gasteiger partial charge in [0.25, 0.3) is 5.91 Å². The van der Waals surface area contributed by atoms with Crippen molar-refractivity contribution in [2.24, 2.45) is 0 Å². The van der Waals surface area contributed by atoms with E-state index in [0.717, 1.165) is 18.2 Å². The zero-order chi connectivity index (χ0) is 20.0. The van der Waals surface area contributed by atoms with Crippen LogP contribution in [0.15, 0.2) is 42.6 Å². The smallest absolute Gasteiger partial charge is 0.416 e. The molecule has 1 aromatic heterocycles. The standard InChI is InChI=1S/C17H14ClF3N2O4/c1-10(16(25)23-14-6-5-12(18)8-22-14)27-15(24)9-26-13-4-2-3-11(7-13)17(19,20)21/h2-8,10H,9H2,1H3,(H,22,23,25)/t10-/m1/s1. The third-order valence-corrected chi connectivity index (χ3v) is 3.40. The first kappa shape index (κ1) is 20.5. The lowest BCUT2D eigenvalue weighted by Crippen LogP contribution is -2.31. The molecule has 0 aliphatic heterocycles. The van der Waals surface area contributed by atoms with E-state index in [1.807, 2.05) is 0 Å². The van der Waals surface area contributed by atoms with Gasteiger partial charge < -0.3 is 14.8 Å². The van der Waals surface area contributed by atoms with Crippen LogP contribution in [0.5, 0.6) is 5.75 Å². The van der Waals surface area contributed by atoms with Crippen molar-refractivity contribution in [3.05, 3.63) is 53.2 Å². The molecule has 1 atom stereocenters. The van der Waals surface area contributed by atoms with Gasteiger partial charge in [0.2, 0.25) is 0 Å². The number of anilines is 1. The number of carbonyl (C=O) groups is 2. The Morgan fingerprint density at radius 1 is 1.26 bits per heavy atom. The molecule has 0 saturated heterocycles. The fourth-order valence-corrected chi connectivity index (χ4v) is 1.98. The summed E-state index contributed by atoms with van der Waals surface area (Å²) in [4.78, 5) is 27.5. The second-order valence-electron chi connectivity index (χ2n) is 5.30. The Hall–Kier alpha value is -2.81. The lowest BCUT2D eigenvalue weighted by molar-refractivity contribution is -0.155. The first-order chi connectivity index (χ1) is 12.6. The Balaban J connectivity index is 1.84. The number of benzene rings is 1. The highest BCUT2D eigenvalue weighted by Gasteiger charge is 2.30. The molecule has 0 spiro atoms. The van der Waals surface area contributed by atoms with Crippen molar-refractivity contribution in [3.63, 3.8) is 0 Å². The number of alkyl halides is 3. The van der Waals surface area contributed by atoms with Crippen LogP contribution >= 0.6 is 11.6 Å². The van der Waals surface area contributed by atoms with E-state index in [4.69, 9.17) is 21.1 Å². The summed E-state index contributed by atoms with van der Waals surface area (Å²) < 4.78 is 47.7. The summed E-state index contributed by atoms with van der Waals surface area (Å²) in [6.07, 6.45) is -4.36. The molecule has 144 valence electrons. The number of nitrogens with one attached hydrogen (secondary N) is 1. The minimum atomic E-state index is -4.53. The predicted molar refractivity (Wildman–Crippen MR) is 90.4 cm³/mol. The van der Waals surface area contributed by atoms with Gasteiger partial charge in [-0.3, -0.25) is 4.79 Å². The molecular weight excluding hydrogens is 389 g/mol. The number of esters is 1. The minimum Gasteiger partial charge on any atom is -0.482 e. The number of nitrogens with zero attached hydrogens (tertiary/aromatic N) is 1. The molecule has 1 amide bonds. The maximum atomic E-state index is 12.6. The summed E-state index contributed by atoms with van der Waals surface area (Å²) in [5, 5.41) is 2.81. The number of amides is 1. The van der Waals surface area contributed by atoms with Crippen molar-refractivity contribution in [2.75, 3.05) is 11.9 Å². The molecule has 0 radical (unpaired) electrons. The molecule has 0 aliphatic rings. The van der Waals surface area contributed by atoms with Crippen LogP contribution in [-0.2, 0) is 20.5 Å². The molecule has 1 aromatic carbocycles. The van der Waals surface area contributed by atoms with Gasteiger partial charge >= 0.3 is 12.1 Å². The lowest BCUT2D eigenvalue weighted by Gasteiger charge is -2.14. The average Bonchev–Trinajstić information content (AvgIpc) is 2.61. The summed E-state index contributed by atoms with van der Waals surface area (Å²) in [7, 11) is 0. The van der Waals surface area contributed by atoms with Gasteiger partial charge in [-0.25, -0.2) is 9.78 Å². The first-order valence-corrected chi connectivity index (χ1v) is 7.95. The molecule has 2 aromatic rings. The van der Waals surface area contributed by atoms with Crippen molar-refractivity contribution in [1.29, 1.82) is 0 Å². The third-order valence-electron chi connectivity index (χ3n) is 3.17. The molecule has 0 fully saturated rings. The van der Waals surface area contributed by atoms with Gasteiger partial charge in [-0.05, 0) is 37.3 Å². The largest absolute Gasteiger partial charge is 0.482 e. The normalized spacial score (nSPS) is 12.2. The number of rotatable bonds is 6. The number of pyridine rings is 1. The molecule has 0 saturated carbocycles. The van der Waals surface area contributed by atoms with Crippen LogP contribution in [0.25, 0.3) is 0 Å². The Bertz CT molecular complexity index is 813. The molecule has 0 aliphatic carbocycles. The Kier molecular flexibility index (Phi) is 6.62. The number of hydrogen-bond acceptors (Lipinski definition) is 5. The van der Waals surface area contributed by atoms with E-state index in [9.17, 15) is 22.8 Å². The van der Waals surface area contributed by atoms with Crippen molar-refractivity contribution in [3.8, 4) is 5.75 Å². The fraction of sp³-hybridized carbons (Fsp3) is 0.235. The molecule has 0 bridgehead atoms. The molecule has 1 N–H and O–H groups in total. The van der Waals surface area contributed by atoms with Crippen molar-refractivity contribution < 1.29 is 32.2 Å². The van der Waals surface area contributed by atoms with Crippen LogP contribution in [0.1, 0.15) is 12.5 Å². The number of aromatic nitrogens is 1. The van der Waals surface area contributed by atoms with Gasteiger partial charge in [-0.2, -0.15) is 13.2 Å². The highest BCUT2D eigenvalue weighted by molar-refractivity contribution is 6.30. The van der Waals surface area contributed by atoms with E-state index in [0.29, 0.717) is 5.02 Å². The first-order valence-electron chi connectivity index (χ1n) is 7.57. The molecule has 0 unspecified atom stereocenters. The molecule has 2 rings (SSSR count). The van der Waals surface area contributed by atoms with Crippen LogP contribution in [0.4, 0.5) is 19.0 Å². The van der Waals surface area contributed by atoms with E-state index in [2.05, 4.69) is 10.3 Å². The number of ether oxygens (including phenoxy) is 2. The monoisotopic (exact) mass is 402 g/mol. The lowest BCUT2D eigenvalue weighted by atomic mass is 10.2. The summed E-state index contributed by atoms with van der Waals surface area (Å²) in [5.74, 6) is -1.49. The number of halogens is 4. The van der Waals surface area contributed by atoms with Crippen LogP contribution in [-0.4, -0.2) is 29.6 Å². The summed E-state index contributed by atoms with van der Waals surface area (Å²) in [6, 6.07) is 7.04. The minimum absolute atomic E-state index is 0.149. The zero-order valence-corrected chi connectivity index (χ0v) is 14.7. The maximum Gasteiger partial charge on any atom is 0.416 e. The Labute approximate surface area is 157 Å². The molecule has 6 nitrogen and oxygen atoms in total. The second-order valence-corrected chi connectivity index (χ2v) is 5.73. The maximum absolute atomic E-state index is 12.6. The van der Waals surface area contributed by atoms with E-state index >= 15 is 0 Å². The van der Waals surface area contributed by atoms with Crippen molar-refractivity contribution in [2.45, 2.75) is 19.2 Å². The van der Waals surface area contributed by atoms with E-state index in [1.165, 1.54) is 31.3 Å². The average molecular weight is 403 g/mol. The van der Waals surface area contributed by atoms with E-state index in [-0.39, 0.29) is 11.6 Å². The van der Waals surface area contributed by atoms with Crippen molar-refractivity contribution in [1.82, 2.24) is 4.98 Å². The SMILES string of the molecule is C[C@@H](OC(=O)COc1cccc(C(F)(F)F)c1)C(=O)Nc1ccc(Cl)cn1. The predicted octanol–water partition coefficient (Wildman–Crippen LogP) is 3.70. The highest BCUT2D eigenvalue weighted by atomic mass is 35.5. The zero-order valence-electron chi connectivity index (χ0n) is 13.9. The van der Waals surface area contributed by atoms with E-state index in [1.54, 1.807) is 0 Å². The van der Waals surface area contributed by atoms with Crippen LogP contribution < -0.4 is 10.1 Å². The van der Waals surface area contributed by atoms with Gasteiger partial charge in [-0.1, -0.05) is 17.7 Å².